The van der Waals surface area contributed by atoms with E-state index in [0.29, 0.717) is 29.2 Å². The first kappa shape index (κ1) is 23.1. The molecular weight excluding hydrogens is 462 g/mol. The van der Waals surface area contributed by atoms with E-state index in [1.807, 2.05) is 53.6 Å². The highest BCUT2D eigenvalue weighted by atomic mass is 32.1. The molecule has 2 aromatic carbocycles. The molecule has 35 heavy (non-hydrogen) atoms. The predicted octanol–water partition coefficient (Wildman–Crippen LogP) is 4.99. The number of anilines is 1. The van der Waals surface area contributed by atoms with Gasteiger partial charge in [-0.15, -0.1) is 11.3 Å². The van der Waals surface area contributed by atoms with E-state index in [9.17, 15) is 14.4 Å². The van der Waals surface area contributed by atoms with Crippen molar-refractivity contribution in [1.29, 1.82) is 0 Å². The molecule has 2 unspecified atom stereocenters. The highest BCUT2D eigenvalue weighted by molar-refractivity contribution is 7.12. The van der Waals surface area contributed by atoms with Crippen LogP contribution in [0.4, 0.5) is 10.5 Å². The second-order valence-electron chi connectivity index (χ2n) is 8.95. The van der Waals surface area contributed by atoms with Crippen LogP contribution in [0.2, 0.25) is 0 Å². The van der Waals surface area contributed by atoms with Crippen LogP contribution < -0.4 is 5.32 Å². The van der Waals surface area contributed by atoms with Gasteiger partial charge in [-0.05, 0) is 54.5 Å². The number of ether oxygens (including phenoxy) is 1. The average molecular weight is 490 g/mol. The molecule has 3 heterocycles. The maximum Gasteiger partial charge on any atom is 0.411 e. The number of carbonyl (C=O) groups excluding carboxylic acids is 3. The molecule has 8 heteroatoms. The van der Waals surface area contributed by atoms with Crippen LogP contribution in [0.3, 0.4) is 0 Å². The molecule has 180 valence electrons. The summed E-state index contributed by atoms with van der Waals surface area (Å²) in [5.41, 5.74) is 3.32. The van der Waals surface area contributed by atoms with Crippen molar-refractivity contribution in [3.63, 3.8) is 0 Å². The molecule has 0 radical (unpaired) electrons. The van der Waals surface area contributed by atoms with Crippen molar-refractivity contribution in [3.05, 3.63) is 87.6 Å². The minimum absolute atomic E-state index is 0.0986. The first-order valence-electron chi connectivity index (χ1n) is 11.8. The summed E-state index contributed by atoms with van der Waals surface area (Å²) in [5.74, 6) is -0.301. The first-order chi connectivity index (χ1) is 17.0. The molecule has 2 atom stereocenters. The van der Waals surface area contributed by atoms with Gasteiger partial charge in [0.15, 0.2) is 12.1 Å². The molecule has 1 aromatic heterocycles. The number of nitrogens with one attached hydrogen (secondary N) is 1. The summed E-state index contributed by atoms with van der Waals surface area (Å²) in [6.45, 7) is 3.67. The number of rotatable bonds is 6. The van der Waals surface area contributed by atoms with Gasteiger partial charge in [-0.2, -0.15) is 0 Å². The largest absolute Gasteiger partial charge is 0.438 e. The molecule has 2 saturated heterocycles. The first-order valence-corrected chi connectivity index (χ1v) is 12.6. The van der Waals surface area contributed by atoms with E-state index in [2.05, 4.69) is 5.32 Å². The molecule has 2 aliphatic rings. The summed E-state index contributed by atoms with van der Waals surface area (Å²) in [6.07, 6.45) is 0.640. The number of nitrogens with zero attached hydrogens (tertiary/aromatic N) is 2. The van der Waals surface area contributed by atoms with Crippen LogP contribution in [-0.4, -0.2) is 46.8 Å². The molecule has 3 aromatic rings. The monoisotopic (exact) mass is 489 g/mol. The molecule has 0 aliphatic carbocycles. The Hall–Kier alpha value is -3.65. The second-order valence-corrected chi connectivity index (χ2v) is 9.90. The summed E-state index contributed by atoms with van der Waals surface area (Å²) in [7, 11) is 0. The standard InChI is InChI=1S/C27H27N3O4S/c1-18-9-11-19(12-10-18)17-30-23(26(32)29-13-2-3-14-29)24(34-27(30)33)20-6-4-7-21(16-20)28-25(31)22-8-5-15-35-22/h4-12,15-16,23-24H,2-3,13-14,17H2,1H3,(H,28,31). The number of cyclic esters (lactones) is 1. The normalized spacial score (nSPS) is 19.6. The average Bonchev–Trinajstić information content (AvgIpc) is 3.63. The Kier molecular flexibility index (Phi) is 6.55. The fourth-order valence-corrected chi connectivity index (χ4v) is 5.22. The van der Waals surface area contributed by atoms with E-state index < -0.39 is 18.2 Å². The third-order valence-corrected chi connectivity index (χ3v) is 7.32. The topological polar surface area (TPSA) is 79.0 Å². The maximum absolute atomic E-state index is 13.6. The van der Waals surface area contributed by atoms with Crippen LogP contribution in [0.25, 0.3) is 0 Å². The third kappa shape index (κ3) is 4.93. The van der Waals surface area contributed by atoms with Gasteiger partial charge in [0.25, 0.3) is 5.91 Å². The lowest BCUT2D eigenvalue weighted by atomic mass is 9.99. The minimum atomic E-state index is -0.773. The Morgan fingerprint density at radius 3 is 2.54 bits per heavy atom. The van der Waals surface area contributed by atoms with E-state index in [4.69, 9.17) is 4.74 Å². The van der Waals surface area contributed by atoms with Crippen molar-refractivity contribution in [3.8, 4) is 0 Å². The molecular formula is C27H27N3O4S. The zero-order valence-corrected chi connectivity index (χ0v) is 20.3. The van der Waals surface area contributed by atoms with E-state index in [-0.39, 0.29) is 18.4 Å². The third-order valence-electron chi connectivity index (χ3n) is 6.45. The summed E-state index contributed by atoms with van der Waals surface area (Å²) in [4.78, 5) is 43.2. The van der Waals surface area contributed by atoms with Crippen molar-refractivity contribution >= 4 is 34.9 Å². The molecule has 2 aliphatic heterocycles. The lowest BCUT2D eigenvalue weighted by Gasteiger charge is -2.28. The number of benzene rings is 2. The Morgan fingerprint density at radius 1 is 1.06 bits per heavy atom. The number of hydrogen-bond acceptors (Lipinski definition) is 5. The van der Waals surface area contributed by atoms with Crippen molar-refractivity contribution in [1.82, 2.24) is 9.80 Å². The minimum Gasteiger partial charge on any atom is -0.438 e. The quantitative estimate of drug-likeness (QED) is 0.529. The van der Waals surface area contributed by atoms with E-state index in [0.717, 1.165) is 24.0 Å². The van der Waals surface area contributed by atoms with Crippen LogP contribution >= 0.6 is 11.3 Å². The highest BCUT2D eigenvalue weighted by Gasteiger charge is 2.48. The zero-order valence-electron chi connectivity index (χ0n) is 19.5. The van der Waals surface area contributed by atoms with E-state index in [1.54, 1.807) is 24.3 Å². The van der Waals surface area contributed by atoms with Gasteiger partial charge < -0.3 is 15.0 Å². The maximum atomic E-state index is 13.6. The molecule has 0 spiro atoms. The van der Waals surface area contributed by atoms with Gasteiger partial charge in [0.05, 0.1) is 11.4 Å². The second kappa shape index (κ2) is 9.92. The fourth-order valence-electron chi connectivity index (χ4n) is 4.60. The summed E-state index contributed by atoms with van der Waals surface area (Å²) in [6, 6.07) is 17.9. The van der Waals surface area contributed by atoms with Crippen LogP contribution in [0, 0.1) is 6.92 Å². The van der Waals surface area contributed by atoms with Gasteiger partial charge in [-0.3, -0.25) is 14.5 Å². The summed E-state index contributed by atoms with van der Waals surface area (Å²) >= 11 is 1.36. The highest BCUT2D eigenvalue weighted by Crippen LogP contribution is 2.36. The van der Waals surface area contributed by atoms with E-state index >= 15 is 0 Å². The lowest BCUT2D eigenvalue weighted by molar-refractivity contribution is -0.135. The molecule has 3 amide bonds. The number of amides is 3. The Bertz CT molecular complexity index is 1220. The SMILES string of the molecule is Cc1ccc(CN2C(=O)OC(c3cccc(NC(=O)c4cccs4)c3)C2C(=O)N2CCCC2)cc1. The zero-order chi connectivity index (χ0) is 24.4. The van der Waals surface area contributed by atoms with Gasteiger partial charge in [0.2, 0.25) is 5.91 Å². The summed E-state index contributed by atoms with van der Waals surface area (Å²) < 4.78 is 5.81. The van der Waals surface area contributed by atoms with E-state index in [1.165, 1.54) is 16.2 Å². The van der Waals surface area contributed by atoms with Gasteiger partial charge in [0.1, 0.15) is 0 Å². The van der Waals surface area contributed by atoms with Gasteiger partial charge in [-0.1, -0.05) is 48.0 Å². The lowest BCUT2D eigenvalue weighted by Crippen LogP contribution is -2.47. The molecule has 0 saturated carbocycles. The van der Waals surface area contributed by atoms with Crippen molar-refractivity contribution in [2.45, 2.75) is 38.5 Å². The fraction of sp³-hybridized carbons (Fsp3) is 0.296. The Balaban J connectivity index is 1.43. The predicted molar refractivity (Wildman–Crippen MR) is 134 cm³/mol. The number of hydrogen-bond donors (Lipinski definition) is 1. The smallest absolute Gasteiger partial charge is 0.411 e. The molecule has 5 rings (SSSR count). The number of aryl methyl sites for hydroxylation is 1. The number of likely N-dealkylation sites (tertiary alicyclic amines) is 1. The van der Waals surface area contributed by atoms with Gasteiger partial charge >= 0.3 is 6.09 Å². The van der Waals surface area contributed by atoms with Crippen LogP contribution in [0.1, 0.15) is 45.3 Å². The molecule has 2 fully saturated rings. The van der Waals surface area contributed by atoms with Crippen molar-refractivity contribution in [2.75, 3.05) is 18.4 Å². The Morgan fingerprint density at radius 2 is 1.83 bits per heavy atom. The van der Waals surface area contributed by atoms with Crippen LogP contribution in [0.5, 0.6) is 0 Å². The van der Waals surface area contributed by atoms with Crippen LogP contribution in [0.15, 0.2) is 66.0 Å². The number of thiophene rings is 1. The van der Waals surface area contributed by atoms with Gasteiger partial charge in [0, 0.05) is 18.8 Å². The Labute approximate surface area is 208 Å². The molecule has 7 nitrogen and oxygen atoms in total. The van der Waals surface area contributed by atoms with Gasteiger partial charge in [-0.25, -0.2) is 4.79 Å². The van der Waals surface area contributed by atoms with Crippen molar-refractivity contribution < 1.29 is 19.1 Å². The molecule has 0 bridgehead atoms. The van der Waals surface area contributed by atoms with Crippen LogP contribution in [-0.2, 0) is 16.1 Å². The summed E-state index contributed by atoms with van der Waals surface area (Å²) in [5, 5.41) is 4.74. The number of carbonyl (C=O) groups is 3. The van der Waals surface area contributed by atoms with Crippen molar-refractivity contribution in [2.24, 2.45) is 0 Å². The molecule has 1 N–H and O–H groups in total.